The van der Waals surface area contributed by atoms with Gasteiger partial charge >= 0.3 is 19.8 Å². The molecule has 0 aliphatic rings. The van der Waals surface area contributed by atoms with Gasteiger partial charge in [-0.1, -0.05) is 172 Å². The molecule has 0 aromatic heterocycles. The quantitative estimate of drug-likeness (QED) is 0.0200. The average molecular weight is 870 g/mol. The first-order valence-corrected chi connectivity index (χ1v) is 25.5. The van der Waals surface area contributed by atoms with E-state index in [9.17, 15) is 34.1 Å². The molecule has 0 bridgehead atoms. The van der Waals surface area contributed by atoms with E-state index in [4.69, 9.17) is 13.8 Å². The number of rotatable bonds is 45. The number of carbonyl (C=O) groups is 3. The largest absolute Gasteiger partial charge is 0.480 e. The lowest BCUT2D eigenvalue weighted by Crippen LogP contribution is -2.43. The molecule has 0 radical (unpaired) electrons. The Morgan fingerprint density at radius 1 is 0.533 bits per heavy atom. The van der Waals surface area contributed by atoms with Crippen molar-refractivity contribution >= 4 is 25.7 Å². The number of phosphoric ester groups is 1. The SMILES string of the molecule is CCCCC/C=C\C/C=C\CCCCCCCCCC(=O)OCC(O)COP(=O)(O)OCC(NC(=O)CCCCCCCCCCC/C=C/CCCCCCCC)C(=O)O. The smallest absolute Gasteiger partial charge is 0.472 e. The van der Waals surface area contributed by atoms with Crippen LogP contribution in [0.2, 0.25) is 0 Å². The van der Waals surface area contributed by atoms with Crippen LogP contribution in [0.5, 0.6) is 0 Å². The van der Waals surface area contributed by atoms with Crippen LogP contribution in [-0.2, 0) is 32.7 Å². The first-order valence-electron chi connectivity index (χ1n) is 24.0. The van der Waals surface area contributed by atoms with Gasteiger partial charge in [-0.15, -0.1) is 0 Å². The van der Waals surface area contributed by atoms with Crippen molar-refractivity contribution in [1.29, 1.82) is 0 Å². The minimum absolute atomic E-state index is 0.143. The Labute approximate surface area is 365 Å². The predicted octanol–water partition coefficient (Wildman–Crippen LogP) is 12.8. The summed E-state index contributed by atoms with van der Waals surface area (Å²) >= 11 is 0. The number of unbranched alkanes of at least 4 members (excludes halogenated alkanes) is 25. The zero-order chi connectivity index (χ0) is 44.2. The summed E-state index contributed by atoms with van der Waals surface area (Å²) < 4.78 is 26.9. The molecule has 11 nitrogen and oxygen atoms in total. The van der Waals surface area contributed by atoms with E-state index < -0.39 is 57.6 Å². The summed E-state index contributed by atoms with van der Waals surface area (Å²) in [5, 5.41) is 21.9. The van der Waals surface area contributed by atoms with E-state index >= 15 is 0 Å². The van der Waals surface area contributed by atoms with E-state index in [-0.39, 0.29) is 12.8 Å². The van der Waals surface area contributed by atoms with Gasteiger partial charge in [0, 0.05) is 12.8 Å². The van der Waals surface area contributed by atoms with Gasteiger partial charge in [0.05, 0.1) is 13.2 Å². The average Bonchev–Trinajstić information content (AvgIpc) is 3.22. The fourth-order valence-electron chi connectivity index (χ4n) is 6.63. The van der Waals surface area contributed by atoms with Gasteiger partial charge in [-0.3, -0.25) is 18.6 Å². The Kier molecular flexibility index (Phi) is 41.7. The molecule has 4 N–H and O–H groups in total. The normalized spacial score (nSPS) is 13.9. The summed E-state index contributed by atoms with van der Waals surface area (Å²) in [4.78, 5) is 46.0. The van der Waals surface area contributed by atoms with Crippen molar-refractivity contribution in [1.82, 2.24) is 5.32 Å². The van der Waals surface area contributed by atoms with Gasteiger partial charge in [-0.25, -0.2) is 9.36 Å². The summed E-state index contributed by atoms with van der Waals surface area (Å²) in [5.74, 6) is -2.38. The van der Waals surface area contributed by atoms with Crippen molar-refractivity contribution < 1.29 is 47.8 Å². The number of carboxylic acid groups (broad SMARTS) is 1. The summed E-state index contributed by atoms with van der Waals surface area (Å²) in [6.45, 7) is 2.58. The minimum Gasteiger partial charge on any atom is -0.480 e. The number of amides is 1. The zero-order valence-corrected chi connectivity index (χ0v) is 38.9. The number of phosphoric acid groups is 1. The Hall–Kier alpha value is -2.30. The lowest BCUT2D eigenvalue weighted by Gasteiger charge is -2.18. The van der Waals surface area contributed by atoms with Gasteiger partial charge in [-0.05, 0) is 70.6 Å². The number of nitrogens with one attached hydrogen (secondary N) is 1. The first kappa shape index (κ1) is 57.7. The maximum atomic E-state index is 12.3. The second-order valence-corrected chi connectivity index (χ2v) is 17.7. The number of allylic oxidation sites excluding steroid dienone is 6. The van der Waals surface area contributed by atoms with Crippen LogP contribution in [0.15, 0.2) is 36.5 Å². The van der Waals surface area contributed by atoms with E-state index in [2.05, 4.69) is 55.6 Å². The van der Waals surface area contributed by atoms with Crippen molar-refractivity contribution in [3.05, 3.63) is 36.5 Å². The molecule has 3 atom stereocenters. The molecular weight excluding hydrogens is 781 g/mol. The van der Waals surface area contributed by atoms with Crippen molar-refractivity contribution in [2.45, 2.75) is 231 Å². The number of ether oxygens (including phenoxy) is 1. The third-order valence-corrected chi connectivity index (χ3v) is 11.4. The second-order valence-electron chi connectivity index (χ2n) is 16.3. The van der Waals surface area contributed by atoms with Crippen LogP contribution >= 0.6 is 7.82 Å². The standard InChI is InChI=1S/C48H88NO10P/c1-3-5-7-9-11-13-15-17-19-21-22-24-25-27-29-31-33-35-37-39-46(51)49-45(48(53)54)43-59-60(55,56)58-42-44(50)41-57-47(52)40-38-36-34-32-30-28-26-23-20-18-16-14-12-10-8-6-4-2/h12,14,17-20,44-45,50H,3-11,13,15-16,21-43H2,1-2H3,(H,49,51)(H,53,54)(H,55,56)/b14-12-,19-17+,20-18-. The third-order valence-electron chi connectivity index (χ3n) is 10.4. The van der Waals surface area contributed by atoms with Gasteiger partial charge in [0.25, 0.3) is 0 Å². The van der Waals surface area contributed by atoms with E-state index in [1.54, 1.807) is 0 Å². The molecule has 0 heterocycles. The number of aliphatic hydroxyl groups is 1. The number of hydrogen-bond acceptors (Lipinski definition) is 8. The fraction of sp³-hybridized carbons (Fsp3) is 0.812. The topological polar surface area (TPSA) is 169 Å². The Morgan fingerprint density at radius 3 is 1.40 bits per heavy atom. The molecular formula is C48H88NO10P. The molecule has 0 fully saturated rings. The fourth-order valence-corrected chi connectivity index (χ4v) is 7.41. The molecule has 60 heavy (non-hydrogen) atoms. The van der Waals surface area contributed by atoms with Crippen LogP contribution in [0, 0.1) is 0 Å². The summed E-state index contributed by atoms with van der Waals surface area (Å²) in [5.41, 5.74) is 0. The second kappa shape index (κ2) is 43.4. The number of aliphatic hydroxyl groups excluding tert-OH is 1. The number of aliphatic carboxylic acids is 1. The van der Waals surface area contributed by atoms with Crippen LogP contribution in [0.1, 0.15) is 219 Å². The van der Waals surface area contributed by atoms with Crippen molar-refractivity contribution in [2.75, 3.05) is 19.8 Å². The summed E-state index contributed by atoms with van der Waals surface area (Å²) in [6, 6.07) is -1.55. The highest BCUT2D eigenvalue weighted by Gasteiger charge is 2.28. The number of hydrogen-bond donors (Lipinski definition) is 4. The van der Waals surface area contributed by atoms with Crippen LogP contribution in [0.25, 0.3) is 0 Å². The van der Waals surface area contributed by atoms with E-state index in [1.807, 2.05) is 0 Å². The monoisotopic (exact) mass is 870 g/mol. The lowest BCUT2D eigenvalue weighted by atomic mass is 10.1. The Bertz CT molecular complexity index is 1160. The van der Waals surface area contributed by atoms with Gasteiger partial charge in [0.15, 0.2) is 6.04 Å². The van der Waals surface area contributed by atoms with Gasteiger partial charge in [0.2, 0.25) is 5.91 Å². The number of carbonyl (C=O) groups excluding carboxylic acids is 2. The molecule has 1 amide bonds. The van der Waals surface area contributed by atoms with E-state index in [0.717, 1.165) is 51.4 Å². The molecule has 0 aliphatic heterocycles. The molecule has 3 unspecified atom stereocenters. The molecule has 12 heteroatoms. The van der Waals surface area contributed by atoms with Crippen LogP contribution in [0.3, 0.4) is 0 Å². The first-order chi connectivity index (χ1) is 29.1. The van der Waals surface area contributed by atoms with Crippen molar-refractivity contribution in [2.24, 2.45) is 0 Å². The maximum Gasteiger partial charge on any atom is 0.472 e. The summed E-state index contributed by atoms with van der Waals surface area (Å²) in [6.07, 6.45) is 47.3. The highest BCUT2D eigenvalue weighted by Crippen LogP contribution is 2.43. The Balaban J connectivity index is 3.87. The van der Waals surface area contributed by atoms with Crippen molar-refractivity contribution in [3.63, 3.8) is 0 Å². The van der Waals surface area contributed by atoms with Crippen molar-refractivity contribution in [3.8, 4) is 0 Å². The molecule has 0 spiro atoms. The van der Waals surface area contributed by atoms with Gasteiger partial charge in [0.1, 0.15) is 12.7 Å². The van der Waals surface area contributed by atoms with Crippen LogP contribution in [0.4, 0.5) is 0 Å². The highest BCUT2D eigenvalue weighted by atomic mass is 31.2. The molecule has 350 valence electrons. The lowest BCUT2D eigenvalue weighted by molar-refractivity contribution is -0.147. The van der Waals surface area contributed by atoms with E-state index in [0.29, 0.717) is 12.8 Å². The third kappa shape index (κ3) is 42.4. The van der Waals surface area contributed by atoms with E-state index in [1.165, 1.54) is 128 Å². The molecule has 0 saturated carbocycles. The molecule has 0 aromatic carbocycles. The minimum atomic E-state index is -4.76. The van der Waals surface area contributed by atoms with Crippen LogP contribution < -0.4 is 5.32 Å². The summed E-state index contributed by atoms with van der Waals surface area (Å²) in [7, 11) is -4.76. The van der Waals surface area contributed by atoms with Crippen LogP contribution in [-0.4, -0.2) is 64.9 Å². The number of carboxylic acids is 1. The Morgan fingerprint density at radius 2 is 0.917 bits per heavy atom. The molecule has 0 saturated heterocycles. The maximum absolute atomic E-state index is 12.3. The molecule has 0 aliphatic carbocycles. The number of esters is 1. The molecule has 0 rings (SSSR count). The van der Waals surface area contributed by atoms with Gasteiger partial charge < -0.3 is 25.2 Å². The highest BCUT2D eigenvalue weighted by molar-refractivity contribution is 7.47. The predicted molar refractivity (Wildman–Crippen MR) is 245 cm³/mol. The van der Waals surface area contributed by atoms with Gasteiger partial charge in [-0.2, -0.15) is 0 Å². The molecule has 0 aromatic rings. The zero-order valence-electron chi connectivity index (χ0n) is 38.0.